The number of hydrogen-bond acceptors (Lipinski definition) is 7. The summed E-state index contributed by atoms with van der Waals surface area (Å²) in [7, 11) is 3.86. The summed E-state index contributed by atoms with van der Waals surface area (Å²) in [6, 6.07) is 4.93. The second-order valence-electron chi connectivity index (χ2n) is 5.65. The Hall–Kier alpha value is -2.16. The summed E-state index contributed by atoms with van der Waals surface area (Å²) in [6.07, 6.45) is 1.12. The Labute approximate surface area is 155 Å². The molecule has 10 heteroatoms. The van der Waals surface area contributed by atoms with Gasteiger partial charge in [0.25, 0.3) is 0 Å². The molecule has 0 amide bonds. The Balaban J connectivity index is 2.30. The van der Waals surface area contributed by atoms with Gasteiger partial charge >= 0.3 is 5.69 Å². The molecule has 0 saturated heterocycles. The smallest absolute Gasteiger partial charge is 0.332 e. The number of rotatable bonds is 7. The van der Waals surface area contributed by atoms with E-state index in [4.69, 9.17) is 28.9 Å². The van der Waals surface area contributed by atoms with Crippen molar-refractivity contribution in [2.24, 2.45) is 0 Å². The summed E-state index contributed by atoms with van der Waals surface area (Å²) in [6.45, 7) is 0.774. The van der Waals surface area contributed by atoms with Crippen LogP contribution in [-0.2, 0) is 6.42 Å². The molecule has 0 aliphatic heterocycles. The van der Waals surface area contributed by atoms with Crippen molar-refractivity contribution in [3.8, 4) is 0 Å². The van der Waals surface area contributed by atoms with Gasteiger partial charge in [0.05, 0.1) is 15.0 Å². The number of nitrogens with zero attached hydrogens (tertiary/aromatic N) is 4. The zero-order valence-corrected chi connectivity index (χ0v) is 15.3. The Kier molecular flexibility index (Phi) is 6.35. The third-order valence-electron chi connectivity index (χ3n) is 3.36. The van der Waals surface area contributed by atoms with E-state index in [9.17, 15) is 10.1 Å². The van der Waals surface area contributed by atoms with E-state index in [0.29, 0.717) is 34.3 Å². The molecule has 1 heterocycles. The van der Waals surface area contributed by atoms with Crippen LogP contribution in [0, 0.1) is 10.1 Å². The highest BCUT2D eigenvalue weighted by Crippen LogP contribution is 2.29. The third-order valence-corrected chi connectivity index (χ3v) is 4.10. The number of benzene rings is 1. The lowest BCUT2D eigenvalue weighted by Crippen LogP contribution is -2.15. The third kappa shape index (κ3) is 5.15. The minimum Gasteiger partial charge on any atom is -0.378 e. The Morgan fingerprint density at radius 2 is 2.00 bits per heavy atom. The first-order chi connectivity index (χ1) is 11.8. The molecule has 1 aromatic heterocycles. The van der Waals surface area contributed by atoms with Crippen LogP contribution in [0.15, 0.2) is 18.2 Å². The van der Waals surface area contributed by atoms with Crippen LogP contribution in [0.5, 0.6) is 0 Å². The minimum atomic E-state index is -0.552. The fraction of sp³-hybridized carbons (Fsp3) is 0.333. The molecule has 1 aromatic carbocycles. The first-order valence-corrected chi connectivity index (χ1v) is 8.21. The lowest BCUT2D eigenvalue weighted by Gasteiger charge is -2.11. The monoisotopic (exact) mass is 384 g/mol. The van der Waals surface area contributed by atoms with Gasteiger partial charge in [0.15, 0.2) is 0 Å². The topological polar surface area (TPSA) is 110 Å². The lowest BCUT2D eigenvalue weighted by atomic mass is 10.2. The van der Waals surface area contributed by atoms with Gasteiger partial charge in [0, 0.05) is 5.69 Å². The SMILES string of the molecule is CN(C)CCCc1nc(Nc2ccc(Cl)c(Cl)c2)nc(N)c1[N+](=O)[O-]. The van der Waals surface area contributed by atoms with E-state index in [1.165, 1.54) is 0 Å². The maximum Gasteiger partial charge on any atom is 0.332 e. The van der Waals surface area contributed by atoms with Crippen LogP contribution in [0.3, 0.4) is 0 Å². The van der Waals surface area contributed by atoms with Crippen molar-refractivity contribution in [2.45, 2.75) is 12.8 Å². The molecule has 0 aliphatic carbocycles. The van der Waals surface area contributed by atoms with Crippen molar-refractivity contribution in [1.82, 2.24) is 14.9 Å². The maximum atomic E-state index is 11.3. The van der Waals surface area contributed by atoms with Crippen LogP contribution in [0.2, 0.25) is 10.0 Å². The minimum absolute atomic E-state index is 0.168. The maximum absolute atomic E-state index is 11.3. The Bertz CT molecular complexity index is 785. The average Bonchev–Trinajstić information content (AvgIpc) is 2.50. The number of aromatic nitrogens is 2. The highest BCUT2D eigenvalue weighted by molar-refractivity contribution is 6.42. The fourth-order valence-electron chi connectivity index (χ4n) is 2.22. The van der Waals surface area contributed by atoms with Gasteiger partial charge in [-0.2, -0.15) is 4.98 Å². The first-order valence-electron chi connectivity index (χ1n) is 7.45. The van der Waals surface area contributed by atoms with E-state index in [1.54, 1.807) is 18.2 Å². The predicted molar refractivity (Wildman–Crippen MR) is 99.7 cm³/mol. The molecule has 0 radical (unpaired) electrons. The fourth-order valence-corrected chi connectivity index (χ4v) is 2.51. The molecule has 134 valence electrons. The van der Waals surface area contributed by atoms with Crippen LogP contribution in [0.4, 0.5) is 23.1 Å². The zero-order chi connectivity index (χ0) is 18.6. The van der Waals surface area contributed by atoms with Gasteiger partial charge in [0.2, 0.25) is 11.8 Å². The predicted octanol–water partition coefficient (Wildman–Crippen LogP) is 3.51. The number of halogens is 2. The molecule has 2 rings (SSSR count). The van der Waals surface area contributed by atoms with Gasteiger partial charge in [-0.1, -0.05) is 23.2 Å². The number of nitrogens with two attached hydrogens (primary N) is 1. The molecule has 0 unspecified atom stereocenters. The highest BCUT2D eigenvalue weighted by Gasteiger charge is 2.22. The van der Waals surface area contributed by atoms with Crippen LogP contribution >= 0.6 is 23.2 Å². The van der Waals surface area contributed by atoms with Crippen LogP contribution in [0.25, 0.3) is 0 Å². The molecule has 0 aliphatic rings. The van der Waals surface area contributed by atoms with Gasteiger partial charge in [-0.25, -0.2) is 4.98 Å². The summed E-state index contributed by atoms with van der Waals surface area (Å²) >= 11 is 11.9. The van der Waals surface area contributed by atoms with E-state index in [1.807, 2.05) is 19.0 Å². The van der Waals surface area contributed by atoms with Crippen molar-refractivity contribution in [3.63, 3.8) is 0 Å². The zero-order valence-electron chi connectivity index (χ0n) is 13.8. The molecular formula is C15H18Cl2N6O2. The molecular weight excluding hydrogens is 367 g/mol. The van der Waals surface area contributed by atoms with Gasteiger partial charge in [-0.3, -0.25) is 10.1 Å². The van der Waals surface area contributed by atoms with E-state index < -0.39 is 4.92 Å². The number of nitro groups is 1. The number of nitrogens with one attached hydrogen (secondary N) is 1. The van der Waals surface area contributed by atoms with Crippen LogP contribution < -0.4 is 11.1 Å². The Morgan fingerprint density at radius 1 is 1.28 bits per heavy atom. The van der Waals surface area contributed by atoms with E-state index in [0.717, 1.165) is 6.54 Å². The van der Waals surface area contributed by atoms with Crippen molar-refractivity contribution in [3.05, 3.63) is 44.1 Å². The number of aryl methyl sites for hydroxylation is 1. The van der Waals surface area contributed by atoms with Gasteiger partial charge in [-0.15, -0.1) is 0 Å². The second-order valence-corrected chi connectivity index (χ2v) is 6.46. The number of hydrogen-bond donors (Lipinski definition) is 2. The normalized spacial score (nSPS) is 10.9. The van der Waals surface area contributed by atoms with Crippen LogP contribution in [0.1, 0.15) is 12.1 Å². The number of nitrogen functional groups attached to an aromatic ring is 1. The molecule has 0 saturated carbocycles. The van der Waals surface area contributed by atoms with Gasteiger partial charge < -0.3 is 16.0 Å². The quantitative estimate of drug-likeness (QED) is 0.554. The largest absolute Gasteiger partial charge is 0.378 e. The second kappa shape index (κ2) is 8.28. The summed E-state index contributed by atoms with van der Waals surface area (Å²) in [5.41, 5.74) is 6.41. The van der Waals surface area contributed by atoms with Gasteiger partial charge in [-0.05, 0) is 51.7 Å². The van der Waals surface area contributed by atoms with Crippen molar-refractivity contribution in [1.29, 1.82) is 0 Å². The molecule has 0 atom stereocenters. The average molecular weight is 385 g/mol. The molecule has 0 fully saturated rings. The molecule has 8 nitrogen and oxygen atoms in total. The molecule has 25 heavy (non-hydrogen) atoms. The lowest BCUT2D eigenvalue weighted by molar-refractivity contribution is -0.385. The van der Waals surface area contributed by atoms with Crippen molar-refractivity contribution >= 4 is 46.3 Å². The Morgan fingerprint density at radius 3 is 2.60 bits per heavy atom. The standard InChI is InChI=1S/C15H18Cl2N6O2/c1-22(2)7-3-4-12-13(23(24)25)14(18)21-15(20-12)19-9-5-6-10(16)11(17)8-9/h5-6,8H,3-4,7H2,1-2H3,(H3,18,19,20,21). The summed E-state index contributed by atoms with van der Waals surface area (Å²) in [5.74, 6) is -0.0104. The van der Waals surface area contributed by atoms with Gasteiger partial charge in [0.1, 0.15) is 5.69 Å². The summed E-state index contributed by atoms with van der Waals surface area (Å²) in [5, 5.41) is 15.0. The van der Waals surface area contributed by atoms with E-state index >= 15 is 0 Å². The van der Waals surface area contributed by atoms with E-state index in [-0.39, 0.29) is 17.5 Å². The summed E-state index contributed by atoms with van der Waals surface area (Å²) in [4.78, 5) is 20.9. The molecule has 0 bridgehead atoms. The summed E-state index contributed by atoms with van der Waals surface area (Å²) < 4.78 is 0. The molecule has 3 N–H and O–H groups in total. The van der Waals surface area contributed by atoms with Crippen LogP contribution in [-0.4, -0.2) is 40.4 Å². The first kappa shape index (κ1) is 19.2. The number of anilines is 3. The highest BCUT2D eigenvalue weighted by atomic mass is 35.5. The van der Waals surface area contributed by atoms with E-state index in [2.05, 4.69) is 15.3 Å². The molecule has 2 aromatic rings. The van der Waals surface area contributed by atoms with Crippen molar-refractivity contribution < 1.29 is 4.92 Å². The molecule has 0 spiro atoms. The van der Waals surface area contributed by atoms with Crippen molar-refractivity contribution in [2.75, 3.05) is 31.7 Å².